The van der Waals surface area contributed by atoms with Crippen LogP contribution in [0.3, 0.4) is 0 Å². The summed E-state index contributed by atoms with van der Waals surface area (Å²) < 4.78 is 1.91. The molecule has 0 unspecified atom stereocenters. The largest absolute Gasteiger partial charge is 0.508 e. The maximum atomic E-state index is 12.1. The maximum absolute atomic E-state index is 12.1. The van der Waals surface area contributed by atoms with E-state index in [1.165, 1.54) is 24.4 Å². The molecule has 3 N–H and O–H groups in total. The molecule has 7 nitrogen and oxygen atoms in total. The van der Waals surface area contributed by atoms with E-state index in [0.717, 1.165) is 22.6 Å². The van der Waals surface area contributed by atoms with Gasteiger partial charge in [0.25, 0.3) is 5.91 Å². The molecular formula is C21H18ClN3O4. The number of rotatable bonds is 5. The number of carbonyl (C=O) groups is 2. The van der Waals surface area contributed by atoms with Crippen molar-refractivity contribution in [3.63, 3.8) is 0 Å². The Morgan fingerprint density at radius 2 is 1.90 bits per heavy atom. The third kappa shape index (κ3) is 4.30. The van der Waals surface area contributed by atoms with Crippen LogP contribution in [0.15, 0.2) is 53.6 Å². The molecule has 1 aromatic heterocycles. The fourth-order valence-electron chi connectivity index (χ4n) is 3.00. The average molecular weight is 412 g/mol. The molecule has 0 aliphatic rings. The van der Waals surface area contributed by atoms with Crippen molar-refractivity contribution in [1.82, 2.24) is 9.99 Å². The second-order valence-corrected chi connectivity index (χ2v) is 6.79. The highest BCUT2D eigenvalue weighted by molar-refractivity contribution is 6.33. The Labute approximate surface area is 171 Å². The summed E-state index contributed by atoms with van der Waals surface area (Å²) in [5.41, 5.74) is 5.98. The van der Waals surface area contributed by atoms with Crippen molar-refractivity contribution < 1.29 is 19.8 Å². The van der Waals surface area contributed by atoms with Crippen LogP contribution < -0.4 is 5.43 Å². The van der Waals surface area contributed by atoms with Crippen LogP contribution >= 0.6 is 11.6 Å². The van der Waals surface area contributed by atoms with Gasteiger partial charge in [0.1, 0.15) is 5.75 Å². The number of hydrogen-bond donors (Lipinski definition) is 3. The molecule has 3 rings (SSSR count). The van der Waals surface area contributed by atoms with E-state index in [1.54, 1.807) is 24.3 Å². The minimum absolute atomic E-state index is 0.00208. The average Bonchev–Trinajstić information content (AvgIpc) is 2.94. The number of nitrogens with zero attached hydrogens (tertiary/aromatic N) is 2. The number of phenolic OH excluding ortho intramolecular Hbond substituents is 1. The van der Waals surface area contributed by atoms with Gasteiger partial charge in [0.05, 0.1) is 16.8 Å². The molecule has 0 aliphatic carbocycles. The first-order valence-electron chi connectivity index (χ1n) is 8.62. The number of phenols is 1. The number of halogens is 1. The lowest BCUT2D eigenvalue weighted by atomic mass is 10.2. The Hall–Kier alpha value is -3.58. The van der Waals surface area contributed by atoms with Crippen LogP contribution in [0.1, 0.15) is 37.7 Å². The zero-order valence-electron chi connectivity index (χ0n) is 15.7. The minimum Gasteiger partial charge on any atom is -0.508 e. The van der Waals surface area contributed by atoms with Crippen molar-refractivity contribution in [1.29, 1.82) is 0 Å². The van der Waals surface area contributed by atoms with Crippen molar-refractivity contribution in [2.45, 2.75) is 13.8 Å². The van der Waals surface area contributed by atoms with Crippen molar-refractivity contribution in [3.8, 4) is 11.4 Å². The number of amides is 1. The molecule has 8 heteroatoms. The lowest BCUT2D eigenvalue weighted by molar-refractivity contribution is 0.0696. The number of benzene rings is 2. The van der Waals surface area contributed by atoms with E-state index < -0.39 is 11.9 Å². The van der Waals surface area contributed by atoms with Crippen LogP contribution in [0.25, 0.3) is 5.69 Å². The molecule has 148 valence electrons. The highest BCUT2D eigenvalue weighted by Gasteiger charge is 2.14. The Kier molecular flexibility index (Phi) is 5.70. The molecule has 1 heterocycles. The fourth-order valence-corrected chi connectivity index (χ4v) is 3.26. The number of nitrogens with one attached hydrogen (secondary N) is 1. The number of hydrazone groups is 1. The quantitative estimate of drug-likeness (QED) is 0.437. The molecule has 29 heavy (non-hydrogen) atoms. The van der Waals surface area contributed by atoms with E-state index in [0.29, 0.717) is 5.56 Å². The number of aromatic nitrogens is 1. The van der Waals surface area contributed by atoms with E-state index >= 15 is 0 Å². The van der Waals surface area contributed by atoms with Crippen LogP contribution in [0.5, 0.6) is 5.75 Å². The predicted octanol–water partition coefficient (Wildman–Crippen LogP) is 3.92. The summed E-state index contributed by atoms with van der Waals surface area (Å²) in [6, 6.07) is 12.6. The monoisotopic (exact) mass is 411 g/mol. The minimum atomic E-state index is -1.09. The zero-order valence-corrected chi connectivity index (χ0v) is 16.4. The second-order valence-electron chi connectivity index (χ2n) is 6.38. The van der Waals surface area contributed by atoms with Gasteiger partial charge in [0.2, 0.25) is 0 Å². The summed E-state index contributed by atoms with van der Waals surface area (Å²) >= 11 is 6.09. The van der Waals surface area contributed by atoms with Gasteiger partial charge in [0.15, 0.2) is 0 Å². The molecule has 0 atom stereocenters. The molecule has 0 saturated heterocycles. The van der Waals surface area contributed by atoms with Crippen molar-refractivity contribution in [2.75, 3.05) is 0 Å². The molecule has 0 aliphatic heterocycles. The Morgan fingerprint density at radius 1 is 1.14 bits per heavy atom. The third-order valence-corrected chi connectivity index (χ3v) is 4.70. The number of hydrogen-bond acceptors (Lipinski definition) is 4. The van der Waals surface area contributed by atoms with Gasteiger partial charge < -0.3 is 14.8 Å². The van der Waals surface area contributed by atoms with Crippen LogP contribution in [0.4, 0.5) is 0 Å². The molecular weight excluding hydrogens is 394 g/mol. The topological polar surface area (TPSA) is 104 Å². The summed E-state index contributed by atoms with van der Waals surface area (Å²) in [6.45, 7) is 3.78. The summed E-state index contributed by atoms with van der Waals surface area (Å²) in [6.07, 6.45) is 1.52. The summed E-state index contributed by atoms with van der Waals surface area (Å²) in [7, 11) is 0. The van der Waals surface area contributed by atoms with Gasteiger partial charge in [0, 0.05) is 28.2 Å². The second kappa shape index (κ2) is 8.20. The van der Waals surface area contributed by atoms with Crippen molar-refractivity contribution in [2.24, 2.45) is 5.10 Å². The Bertz CT molecular complexity index is 1130. The number of carboxylic acids is 1. The van der Waals surface area contributed by atoms with Gasteiger partial charge in [-0.1, -0.05) is 17.7 Å². The van der Waals surface area contributed by atoms with E-state index in [1.807, 2.05) is 24.5 Å². The smallest absolute Gasteiger partial charge is 0.337 e. The SMILES string of the molecule is Cc1cc(/C=N/NC(=O)c2cccc(O)c2)c(C)n1-c1ccc(C(=O)O)c(Cl)c1. The van der Waals surface area contributed by atoms with Crippen LogP contribution in [0.2, 0.25) is 5.02 Å². The van der Waals surface area contributed by atoms with E-state index in [-0.39, 0.29) is 16.3 Å². The number of carboxylic acid groups (broad SMARTS) is 1. The molecule has 2 aromatic carbocycles. The predicted molar refractivity (Wildman–Crippen MR) is 110 cm³/mol. The first-order valence-corrected chi connectivity index (χ1v) is 9.00. The number of aromatic carboxylic acids is 1. The summed E-state index contributed by atoms with van der Waals surface area (Å²) in [5, 5.41) is 22.7. The molecule has 0 radical (unpaired) electrons. The first-order chi connectivity index (χ1) is 13.8. The molecule has 3 aromatic rings. The molecule has 0 fully saturated rings. The van der Waals surface area contributed by atoms with Gasteiger partial charge in [-0.3, -0.25) is 4.79 Å². The van der Waals surface area contributed by atoms with Crippen molar-refractivity contribution in [3.05, 3.63) is 81.6 Å². The van der Waals surface area contributed by atoms with Gasteiger partial charge in [-0.25, -0.2) is 10.2 Å². The highest BCUT2D eigenvalue weighted by atomic mass is 35.5. The zero-order chi connectivity index (χ0) is 21.1. The van der Waals surface area contributed by atoms with Gasteiger partial charge in [-0.15, -0.1) is 0 Å². The van der Waals surface area contributed by atoms with Crippen LogP contribution in [-0.2, 0) is 0 Å². The van der Waals surface area contributed by atoms with Crippen molar-refractivity contribution >= 4 is 29.7 Å². The summed E-state index contributed by atoms with van der Waals surface area (Å²) in [4.78, 5) is 23.2. The standard InChI is InChI=1S/C21H18ClN3O4/c1-12-8-15(11-23-24-20(27)14-4-3-5-17(26)9-14)13(2)25(12)16-6-7-18(21(28)29)19(22)10-16/h3-11,26H,1-2H3,(H,24,27)(H,28,29)/b23-11+. The number of aryl methyl sites for hydroxylation is 1. The molecule has 0 spiro atoms. The van der Waals surface area contributed by atoms with Gasteiger partial charge >= 0.3 is 5.97 Å². The van der Waals surface area contributed by atoms with Gasteiger partial charge in [-0.2, -0.15) is 5.10 Å². The normalized spacial score (nSPS) is 11.0. The van der Waals surface area contributed by atoms with Gasteiger partial charge in [-0.05, 0) is 56.3 Å². The third-order valence-electron chi connectivity index (χ3n) is 4.39. The maximum Gasteiger partial charge on any atom is 0.337 e. The molecule has 0 bridgehead atoms. The lowest BCUT2D eigenvalue weighted by Crippen LogP contribution is -2.17. The van der Waals surface area contributed by atoms with E-state index in [2.05, 4.69) is 10.5 Å². The lowest BCUT2D eigenvalue weighted by Gasteiger charge is -2.11. The van der Waals surface area contributed by atoms with Crippen LogP contribution in [-0.4, -0.2) is 32.9 Å². The molecule has 0 saturated carbocycles. The summed E-state index contributed by atoms with van der Waals surface area (Å²) in [5.74, 6) is -1.53. The molecule has 1 amide bonds. The van der Waals surface area contributed by atoms with Crippen LogP contribution in [0, 0.1) is 13.8 Å². The van der Waals surface area contributed by atoms with E-state index in [9.17, 15) is 14.7 Å². The number of aromatic hydroxyl groups is 1. The Morgan fingerprint density at radius 3 is 2.55 bits per heavy atom. The number of carbonyl (C=O) groups excluding carboxylic acids is 1. The van der Waals surface area contributed by atoms with E-state index in [4.69, 9.17) is 16.7 Å². The first kappa shape index (κ1) is 20.2. The fraction of sp³-hybridized carbons (Fsp3) is 0.0952. The highest BCUT2D eigenvalue weighted by Crippen LogP contribution is 2.25. The Balaban J connectivity index is 1.82.